The lowest BCUT2D eigenvalue weighted by Gasteiger charge is -2.27. The van der Waals surface area contributed by atoms with E-state index >= 15 is 0 Å². The molecule has 2 heterocycles. The van der Waals surface area contributed by atoms with Gasteiger partial charge in [-0.05, 0) is 19.8 Å². The molecule has 0 aliphatic carbocycles. The van der Waals surface area contributed by atoms with Crippen molar-refractivity contribution in [2.45, 2.75) is 24.0 Å². The normalized spacial score (nSPS) is 19.1. The Morgan fingerprint density at radius 3 is 2.65 bits per heavy atom. The third-order valence-electron chi connectivity index (χ3n) is 2.83. The summed E-state index contributed by atoms with van der Waals surface area (Å²) in [7, 11) is -3.39. The Labute approximate surface area is 105 Å². The molecule has 1 aromatic heterocycles. The molecule has 1 aromatic rings. The molecule has 92 valence electrons. The molecule has 0 aromatic carbocycles. The second kappa shape index (κ2) is 4.72. The first kappa shape index (κ1) is 12.5. The lowest BCUT2D eigenvalue weighted by atomic mass is 10.0. The van der Waals surface area contributed by atoms with Gasteiger partial charge < -0.3 is 0 Å². The van der Waals surface area contributed by atoms with Crippen molar-refractivity contribution in [3.63, 3.8) is 0 Å². The quantitative estimate of drug-likeness (QED) is 0.814. The van der Waals surface area contributed by atoms with Gasteiger partial charge in [-0.1, -0.05) is 0 Å². The second-order valence-corrected chi connectivity index (χ2v) is 7.41. The Balaban J connectivity index is 2.16. The van der Waals surface area contributed by atoms with E-state index in [0.717, 1.165) is 5.01 Å². The summed E-state index contributed by atoms with van der Waals surface area (Å²) in [5, 5.41) is 9.52. The Hall–Kier alpha value is -0.970. The minimum atomic E-state index is -3.39. The van der Waals surface area contributed by atoms with Gasteiger partial charge in [-0.3, -0.25) is 0 Å². The molecule has 0 saturated carbocycles. The van der Waals surface area contributed by atoms with Crippen LogP contribution < -0.4 is 0 Å². The van der Waals surface area contributed by atoms with Crippen molar-refractivity contribution in [1.82, 2.24) is 9.29 Å². The van der Waals surface area contributed by atoms with Gasteiger partial charge in [0.05, 0.1) is 17.3 Å². The Morgan fingerprint density at radius 2 is 2.18 bits per heavy atom. The van der Waals surface area contributed by atoms with E-state index < -0.39 is 10.0 Å². The molecular weight excluding hydrogens is 258 g/mol. The monoisotopic (exact) mass is 271 g/mol. The number of piperidine rings is 1. The molecule has 0 radical (unpaired) electrons. The molecule has 1 aliphatic heterocycles. The number of hydrogen-bond acceptors (Lipinski definition) is 5. The highest BCUT2D eigenvalue weighted by Crippen LogP contribution is 2.26. The maximum absolute atomic E-state index is 12.2. The Bertz CT molecular complexity index is 536. The first-order valence-electron chi connectivity index (χ1n) is 5.36. The van der Waals surface area contributed by atoms with Crippen LogP contribution in [0.3, 0.4) is 0 Å². The van der Waals surface area contributed by atoms with Crippen molar-refractivity contribution in [2.75, 3.05) is 13.1 Å². The number of nitrogens with zero attached hydrogens (tertiary/aromatic N) is 3. The van der Waals surface area contributed by atoms with Gasteiger partial charge in [-0.15, -0.1) is 11.3 Å². The van der Waals surface area contributed by atoms with Gasteiger partial charge in [0.1, 0.15) is 0 Å². The summed E-state index contributed by atoms with van der Waals surface area (Å²) in [4.78, 5) is 3.97. The molecule has 1 fully saturated rings. The van der Waals surface area contributed by atoms with Crippen LogP contribution in [0.15, 0.2) is 10.4 Å². The van der Waals surface area contributed by atoms with Gasteiger partial charge in [0.15, 0.2) is 4.21 Å². The van der Waals surface area contributed by atoms with Crippen LogP contribution in [0.2, 0.25) is 0 Å². The SMILES string of the molecule is Cc1ncc(S(=O)(=O)N2CCC(C#N)CC2)s1. The summed E-state index contributed by atoms with van der Waals surface area (Å²) >= 11 is 1.19. The number of aromatic nitrogens is 1. The standard InChI is InChI=1S/C10H13N3O2S2/c1-8-12-7-10(16-8)17(14,15)13-4-2-9(6-11)3-5-13/h7,9H,2-5H2,1H3. The van der Waals surface area contributed by atoms with Gasteiger partial charge in [-0.25, -0.2) is 13.4 Å². The van der Waals surface area contributed by atoms with Crippen LogP contribution in [0.1, 0.15) is 17.8 Å². The van der Waals surface area contributed by atoms with Crippen molar-refractivity contribution in [1.29, 1.82) is 5.26 Å². The summed E-state index contributed by atoms with van der Waals surface area (Å²) in [5.41, 5.74) is 0. The zero-order valence-electron chi connectivity index (χ0n) is 9.46. The van der Waals surface area contributed by atoms with Crippen LogP contribution in [0.5, 0.6) is 0 Å². The van der Waals surface area contributed by atoms with Crippen molar-refractivity contribution in [3.8, 4) is 6.07 Å². The van der Waals surface area contributed by atoms with Crippen LogP contribution in [0.25, 0.3) is 0 Å². The molecule has 0 N–H and O–H groups in total. The zero-order valence-corrected chi connectivity index (χ0v) is 11.1. The van der Waals surface area contributed by atoms with E-state index in [2.05, 4.69) is 11.1 Å². The molecule has 5 nitrogen and oxygen atoms in total. The predicted molar refractivity (Wildman–Crippen MR) is 63.9 cm³/mol. The average Bonchev–Trinajstić information content (AvgIpc) is 2.77. The molecule has 0 amide bonds. The fourth-order valence-corrected chi connectivity index (χ4v) is 4.55. The number of rotatable bonds is 2. The first-order chi connectivity index (χ1) is 8.04. The van der Waals surface area contributed by atoms with Crippen molar-refractivity contribution in [3.05, 3.63) is 11.2 Å². The molecule has 0 bridgehead atoms. The van der Waals surface area contributed by atoms with Gasteiger partial charge in [-0.2, -0.15) is 9.57 Å². The lowest BCUT2D eigenvalue weighted by molar-refractivity contribution is 0.310. The Kier molecular flexibility index (Phi) is 3.47. The fourth-order valence-electron chi connectivity index (χ4n) is 1.81. The summed E-state index contributed by atoms with van der Waals surface area (Å²) in [6.07, 6.45) is 2.65. The number of sulfonamides is 1. The van der Waals surface area contributed by atoms with Crippen LogP contribution in [-0.4, -0.2) is 30.8 Å². The van der Waals surface area contributed by atoms with Crippen molar-refractivity contribution >= 4 is 21.4 Å². The molecule has 1 saturated heterocycles. The third-order valence-corrected chi connectivity index (χ3v) is 6.08. The minimum absolute atomic E-state index is 0.00959. The topological polar surface area (TPSA) is 74.1 Å². The molecule has 0 spiro atoms. The molecule has 0 atom stereocenters. The lowest BCUT2D eigenvalue weighted by Crippen LogP contribution is -2.37. The summed E-state index contributed by atoms with van der Waals surface area (Å²) in [6, 6.07) is 2.19. The second-order valence-electron chi connectivity index (χ2n) is 4.01. The van der Waals surface area contributed by atoms with Crippen LogP contribution >= 0.6 is 11.3 Å². The minimum Gasteiger partial charge on any atom is -0.249 e. The molecular formula is C10H13N3O2S2. The van der Waals surface area contributed by atoms with Crippen LogP contribution in [-0.2, 0) is 10.0 Å². The van der Waals surface area contributed by atoms with E-state index in [1.807, 2.05) is 0 Å². The largest absolute Gasteiger partial charge is 0.254 e. The number of hydrogen-bond donors (Lipinski definition) is 0. The number of aryl methyl sites for hydroxylation is 1. The highest BCUT2D eigenvalue weighted by molar-refractivity contribution is 7.91. The highest BCUT2D eigenvalue weighted by atomic mass is 32.2. The van der Waals surface area contributed by atoms with E-state index in [-0.39, 0.29) is 5.92 Å². The van der Waals surface area contributed by atoms with Crippen LogP contribution in [0.4, 0.5) is 0 Å². The Morgan fingerprint density at radius 1 is 1.53 bits per heavy atom. The maximum Gasteiger partial charge on any atom is 0.254 e. The highest BCUT2D eigenvalue weighted by Gasteiger charge is 2.30. The van der Waals surface area contributed by atoms with E-state index in [1.54, 1.807) is 6.92 Å². The average molecular weight is 271 g/mol. The summed E-state index contributed by atoms with van der Waals surface area (Å²) in [6.45, 7) is 2.64. The van der Waals surface area contributed by atoms with Gasteiger partial charge in [0.2, 0.25) is 0 Å². The van der Waals surface area contributed by atoms with Gasteiger partial charge >= 0.3 is 0 Å². The maximum atomic E-state index is 12.2. The molecule has 0 unspecified atom stereocenters. The molecule has 17 heavy (non-hydrogen) atoms. The molecule has 1 aliphatic rings. The van der Waals surface area contributed by atoms with Gasteiger partial charge in [0, 0.05) is 19.0 Å². The van der Waals surface area contributed by atoms with Gasteiger partial charge in [0.25, 0.3) is 10.0 Å². The van der Waals surface area contributed by atoms with Crippen molar-refractivity contribution < 1.29 is 8.42 Å². The molecule has 2 rings (SSSR count). The number of thiazole rings is 1. The molecule has 7 heteroatoms. The van der Waals surface area contributed by atoms with E-state index in [0.29, 0.717) is 30.1 Å². The number of nitriles is 1. The van der Waals surface area contributed by atoms with E-state index in [4.69, 9.17) is 5.26 Å². The van der Waals surface area contributed by atoms with Crippen LogP contribution in [0, 0.1) is 24.2 Å². The predicted octanol–water partition coefficient (Wildman–Crippen LogP) is 1.38. The summed E-state index contributed by atoms with van der Waals surface area (Å²) in [5.74, 6) is -0.00959. The first-order valence-corrected chi connectivity index (χ1v) is 7.62. The summed E-state index contributed by atoms with van der Waals surface area (Å²) < 4.78 is 26.2. The third kappa shape index (κ3) is 2.49. The fraction of sp³-hybridized carbons (Fsp3) is 0.600. The zero-order chi connectivity index (χ0) is 12.5. The van der Waals surface area contributed by atoms with E-state index in [1.165, 1.54) is 21.8 Å². The van der Waals surface area contributed by atoms with Crippen molar-refractivity contribution in [2.24, 2.45) is 5.92 Å². The van der Waals surface area contributed by atoms with E-state index in [9.17, 15) is 8.42 Å². The smallest absolute Gasteiger partial charge is 0.249 e.